The van der Waals surface area contributed by atoms with Crippen molar-refractivity contribution in [3.8, 4) is 5.75 Å². The van der Waals surface area contributed by atoms with Crippen molar-refractivity contribution in [1.29, 1.82) is 0 Å². The van der Waals surface area contributed by atoms with Crippen molar-refractivity contribution in [3.05, 3.63) is 29.8 Å². The zero-order valence-corrected chi connectivity index (χ0v) is 13.8. The van der Waals surface area contributed by atoms with Gasteiger partial charge >= 0.3 is 5.97 Å². The van der Waals surface area contributed by atoms with Gasteiger partial charge in [-0.05, 0) is 25.0 Å². The maximum Gasteiger partial charge on any atom is 0.302 e. The molecule has 0 saturated heterocycles. The van der Waals surface area contributed by atoms with Gasteiger partial charge < -0.3 is 24.1 Å². The highest BCUT2D eigenvalue weighted by Crippen LogP contribution is 2.19. The van der Waals surface area contributed by atoms with Gasteiger partial charge in [0.2, 0.25) is 0 Å². The summed E-state index contributed by atoms with van der Waals surface area (Å²) in [5, 5.41) is 9.91. The molecule has 130 valence electrons. The normalized spacial score (nSPS) is 12.0. The zero-order chi connectivity index (χ0) is 16.9. The third kappa shape index (κ3) is 9.18. The van der Waals surface area contributed by atoms with Crippen LogP contribution in [0, 0.1) is 0 Å². The van der Waals surface area contributed by atoms with E-state index in [1.165, 1.54) is 6.92 Å². The van der Waals surface area contributed by atoms with Crippen LogP contribution in [0.5, 0.6) is 5.75 Å². The standard InChI is InChI=1S/C17H26O6/c1-14(18)21-12-5-13-23-17(19)15-6-8-16(9-7-15)22-11-4-3-10-20-2/h6-9,17,19H,3-5,10-13H2,1-2H3. The van der Waals surface area contributed by atoms with Crippen LogP contribution in [0.25, 0.3) is 0 Å². The van der Waals surface area contributed by atoms with Crippen LogP contribution in [0.3, 0.4) is 0 Å². The molecule has 1 unspecified atom stereocenters. The van der Waals surface area contributed by atoms with Gasteiger partial charge in [-0.15, -0.1) is 0 Å². The maximum absolute atomic E-state index is 10.6. The van der Waals surface area contributed by atoms with Crippen LogP contribution >= 0.6 is 0 Å². The number of aliphatic hydroxyl groups excluding tert-OH is 1. The van der Waals surface area contributed by atoms with Crippen LogP contribution < -0.4 is 4.74 Å². The minimum absolute atomic E-state index is 0.290. The summed E-state index contributed by atoms with van der Waals surface area (Å²) < 4.78 is 20.6. The van der Waals surface area contributed by atoms with Gasteiger partial charge in [-0.2, -0.15) is 0 Å². The first kappa shape index (κ1) is 19.4. The summed E-state index contributed by atoms with van der Waals surface area (Å²) in [6.45, 7) is 3.34. The molecule has 0 aliphatic rings. The number of carbonyl (C=O) groups is 1. The fourth-order valence-electron chi connectivity index (χ4n) is 1.83. The predicted octanol–water partition coefficient (Wildman–Crippen LogP) is 2.45. The van der Waals surface area contributed by atoms with E-state index in [1.807, 2.05) is 0 Å². The van der Waals surface area contributed by atoms with Crippen LogP contribution in [0.2, 0.25) is 0 Å². The molecule has 0 saturated carbocycles. The summed E-state index contributed by atoms with van der Waals surface area (Å²) in [6.07, 6.45) is 1.44. The highest BCUT2D eigenvalue weighted by atomic mass is 16.6. The number of aliphatic hydroxyl groups is 1. The molecule has 6 nitrogen and oxygen atoms in total. The van der Waals surface area contributed by atoms with Gasteiger partial charge in [-0.25, -0.2) is 0 Å². The Bertz CT molecular complexity index is 431. The second kappa shape index (κ2) is 11.9. The summed E-state index contributed by atoms with van der Waals surface area (Å²) in [7, 11) is 1.68. The zero-order valence-electron chi connectivity index (χ0n) is 13.8. The van der Waals surface area contributed by atoms with Crippen LogP contribution in [0.1, 0.15) is 38.0 Å². The second-order valence-electron chi connectivity index (χ2n) is 5.03. The van der Waals surface area contributed by atoms with Crippen LogP contribution in [0.4, 0.5) is 0 Å². The molecule has 0 spiro atoms. The quantitative estimate of drug-likeness (QED) is 0.361. The van der Waals surface area contributed by atoms with E-state index in [2.05, 4.69) is 0 Å². The van der Waals surface area contributed by atoms with Gasteiger partial charge in [0.05, 0.1) is 19.8 Å². The van der Waals surface area contributed by atoms with Gasteiger partial charge in [0, 0.05) is 32.6 Å². The molecule has 0 aromatic heterocycles. The molecule has 1 aromatic rings. The summed E-state index contributed by atoms with van der Waals surface area (Å²) >= 11 is 0. The molecule has 0 bridgehead atoms. The van der Waals surface area contributed by atoms with Crippen LogP contribution in [-0.2, 0) is 19.0 Å². The molecular weight excluding hydrogens is 300 g/mol. The first-order valence-corrected chi connectivity index (χ1v) is 7.78. The number of hydrogen-bond donors (Lipinski definition) is 1. The van der Waals surface area contributed by atoms with Gasteiger partial charge in [0.1, 0.15) is 5.75 Å². The minimum atomic E-state index is -0.997. The molecule has 0 fully saturated rings. The summed E-state index contributed by atoms with van der Waals surface area (Å²) in [5.74, 6) is 0.441. The van der Waals surface area contributed by atoms with Gasteiger partial charge in [0.15, 0.2) is 6.29 Å². The topological polar surface area (TPSA) is 74.2 Å². The number of hydrogen-bond acceptors (Lipinski definition) is 6. The fraction of sp³-hybridized carbons (Fsp3) is 0.588. The Morgan fingerprint density at radius 2 is 1.74 bits per heavy atom. The second-order valence-corrected chi connectivity index (χ2v) is 5.03. The number of carbonyl (C=O) groups excluding carboxylic acids is 1. The van der Waals surface area contributed by atoms with Crippen molar-refractivity contribution in [1.82, 2.24) is 0 Å². The lowest BCUT2D eigenvalue weighted by Crippen LogP contribution is -2.08. The van der Waals surface area contributed by atoms with E-state index in [0.717, 1.165) is 25.2 Å². The number of methoxy groups -OCH3 is 1. The van der Waals surface area contributed by atoms with E-state index >= 15 is 0 Å². The largest absolute Gasteiger partial charge is 0.494 e. The smallest absolute Gasteiger partial charge is 0.302 e. The molecular formula is C17H26O6. The van der Waals surface area contributed by atoms with Gasteiger partial charge in [-0.3, -0.25) is 4.79 Å². The molecule has 0 radical (unpaired) electrons. The average molecular weight is 326 g/mol. The number of unbranched alkanes of at least 4 members (excludes halogenated alkanes) is 1. The predicted molar refractivity (Wildman–Crippen MR) is 85.2 cm³/mol. The molecule has 6 heteroatoms. The Morgan fingerprint density at radius 1 is 1.04 bits per heavy atom. The number of ether oxygens (including phenoxy) is 4. The first-order valence-electron chi connectivity index (χ1n) is 7.78. The van der Waals surface area contributed by atoms with Crippen molar-refractivity contribution < 1.29 is 28.8 Å². The number of benzene rings is 1. The third-order valence-electron chi connectivity index (χ3n) is 3.05. The lowest BCUT2D eigenvalue weighted by atomic mass is 10.2. The maximum atomic E-state index is 10.6. The van der Waals surface area contributed by atoms with E-state index in [1.54, 1.807) is 31.4 Å². The molecule has 23 heavy (non-hydrogen) atoms. The molecule has 1 rings (SSSR count). The lowest BCUT2D eigenvalue weighted by Gasteiger charge is -2.13. The van der Waals surface area contributed by atoms with Crippen molar-refractivity contribution in [3.63, 3.8) is 0 Å². The third-order valence-corrected chi connectivity index (χ3v) is 3.05. The summed E-state index contributed by atoms with van der Waals surface area (Å²) in [6, 6.07) is 7.14. The molecule has 0 heterocycles. The summed E-state index contributed by atoms with van der Waals surface area (Å²) in [5.41, 5.74) is 0.657. The molecule has 0 amide bonds. The SMILES string of the molecule is COCCCCOc1ccc(C(O)OCCCOC(C)=O)cc1. The fourth-order valence-corrected chi connectivity index (χ4v) is 1.83. The van der Waals surface area contributed by atoms with E-state index in [4.69, 9.17) is 18.9 Å². The Kier molecular flexibility index (Phi) is 10.0. The van der Waals surface area contributed by atoms with E-state index in [9.17, 15) is 9.90 Å². The molecule has 1 N–H and O–H groups in total. The Morgan fingerprint density at radius 3 is 2.39 bits per heavy atom. The highest BCUT2D eigenvalue weighted by Gasteiger charge is 2.07. The average Bonchev–Trinajstić information content (AvgIpc) is 2.54. The van der Waals surface area contributed by atoms with E-state index < -0.39 is 6.29 Å². The monoisotopic (exact) mass is 326 g/mol. The highest BCUT2D eigenvalue weighted by molar-refractivity contribution is 5.65. The number of rotatable bonds is 12. The van der Waals surface area contributed by atoms with E-state index in [-0.39, 0.29) is 12.6 Å². The van der Waals surface area contributed by atoms with Crippen LogP contribution in [-0.4, -0.2) is 44.6 Å². The molecule has 1 atom stereocenters. The van der Waals surface area contributed by atoms with Gasteiger partial charge in [0.25, 0.3) is 0 Å². The minimum Gasteiger partial charge on any atom is -0.494 e. The lowest BCUT2D eigenvalue weighted by molar-refractivity contribution is -0.142. The van der Waals surface area contributed by atoms with Crippen LogP contribution in [0.15, 0.2) is 24.3 Å². The van der Waals surface area contributed by atoms with Crippen molar-refractivity contribution in [2.75, 3.05) is 33.5 Å². The molecule has 0 aliphatic carbocycles. The number of esters is 1. The van der Waals surface area contributed by atoms with Crippen molar-refractivity contribution in [2.45, 2.75) is 32.5 Å². The van der Waals surface area contributed by atoms with Gasteiger partial charge in [-0.1, -0.05) is 12.1 Å². The molecule has 1 aromatic carbocycles. The summed E-state index contributed by atoms with van der Waals surface area (Å²) in [4.78, 5) is 10.6. The Labute approximate surface area is 137 Å². The molecule has 0 aliphatic heterocycles. The van der Waals surface area contributed by atoms with Crippen molar-refractivity contribution in [2.24, 2.45) is 0 Å². The van der Waals surface area contributed by atoms with Crippen molar-refractivity contribution >= 4 is 5.97 Å². The van der Waals surface area contributed by atoms with E-state index in [0.29, 0.717) is 25.2 Å². The Balaban J connectivity index is 2.22. The Hall–Kier alpha value is -1.63. The first-order chi connectivity index (χ1) is 11.1.